The van der Waals surface area contributed by atoms with Crippen molar-refractivity contribution in [3.8, 4) is 0 Å². The summed E-state index contributed by atoms with van der Waals surface area (Å²) in [5.74, 6) is 0. The molecule has 0 unspecified atom stereocenters. The van der Waals surface area contributed by atoms with Gasteiger partial charge in [-0.05, 0) is 40.0 Å². The van der Waals surface area contributed by atoms with Gasteiger partial charge in [0.15, 0.2) is 0 Å². The fourth-order valence-electron chi connectivity index (χ4n) is 3.78. The number of hydrogen-bond donors (Lipinski definition) is 2. The Hall–Kier alpha value is -1.25. The molecule has 1 aliphatic carbocycles. The maximum Gasteiger partial charge on any atom is 0.407 e. The molecule has 1 aliphatic heterocycles. The molecule has 1 amide bonds. The number of nitrogens with one attached hydrogen (secondary N) is 1. The van der Waals surface area contributed by atoms with Crippen molar-refractivity contribution in [3.05, 3.63) is 17.5 Å². The van der Waals surface area contributed by atoms with Gasteiger partial charge in [0, 0.05) is 48.2 Å². The Morgan fingerprint density at radius 1 is 1.46 bits per heavy atom. The molecule has 3 rings (SSSR count). The Labute approximate surface area is 145 Å². The predicted molar refractivity (Wildman–Crippen MR) is 91.9 cm³/mol. The van der Waals surface area contributed by atoms with Crippen molar-refractivity contribution in [2.24, 2.45) is 12.5 Å². The van der Waals surface area contributed by atoms with Gasteiger partial charge in [-0.25, -0.2) is 4.79 Å². The van der Waals surface area contributed by atoms with Crippen LogP contribution in [0.15, 0.2) is 6.20 Å². The van der Waals surface area contributed by atoms with Crippen molar-refractivity contribution in [2.75, 3.05) is 13.1 Å². The van der Waals surface area contributed by atoms with Crippen LogP contribution >= 0.6 is 0 Å². The maximum atomic E-state index is 12.7. The lowest BCUT2D eigenvalue weighted by molar-refractivity contribution is 0.0755. The molecule has 2 N–H and O–H groups in total. The van der Waals surface area contributed by atoms with Crippen LogP contribution in [-0.4, -0.2) is 48.3 Å². The number of nitrogens with zero attached hydrogens (tertiary/aromatic N) is 3. The van der Waals surface area contributed by atoms with Gasteiger partial charge in [-0.1, -0.05) is 0 Å². The van der Waals surface area contributed by atoms with E-state index < -0.39 is 17.5 Å². The van der Waals surface area contributed by atoms with E-state index in [0.29, 0.717) is 13.1 Å². The molecular weight excluding hydrogens is 328 g/mol. The number of carbonyl (C=O) groups is 1. The van der Waals surface area contributed by atoms with E-state index in [2.05, 4.69) is 9.82 Å². The Morgan fingerprint density at radius 3 is 2.62 bits per heavy atom. The van der Waals surface area contributed by atoms with Gasteiger partial charge >= 0.3 is 6.09 Å². The highest BCUT2D eigenvalue weighted by Crippen LogP contribution is 2.52. The molecule has 0 radical (unpaired) electrons. The largest absolute Gasteiger partial charge is 0.598 e. The highest BCUT2D eigenvalue weighted by atomic mass is 32.2. The summed E-state index contributed by atoms with van der Waals surface area (Å²) in [6, 6.07) is -0.0443. The van der Waals surface area contributed by atoms with E-state index in [1.165, 1.54) is 10.6 Å². The van der Waals surface area contributed by atoms with Crippen molar-refractivity contribution < 1.29 is 14.5 Å². The first-order chi connectivity index (χ1) is 11.1. The van der Waals surface area contributed by atoms with Crippen LogP contribution in [0.5, 0.6) is 0 Å². The van der Waals surface area contributed by atoms with Crippen LogP contribution in [-0.2, 0) is 24.8 Å². The summed E-state index contributed by atoms with van der Waals surface area (Å²) in [5, 5.41) is 13.6. The van der Waals surface area contributed by atoms with Crippen molar-refractivity contribution in [3.63, 3.8) is 0 Å². The number of fused-ring (bicyclic) bond motifs is 1. The third-order valence-corrected chi connectivity index (χ3v) is 6.91. The molecule has 8 heteroatoms. The first-order valence-corrected chi connectivity index (χ1v) is 9.46. The van der Waals surface area contributed by atoms with Gasteiger partial charge in [-0.15, -0.1) is 4.72 Å². The molecule has 1 aromatic rings. The zero-order valence-electron chi connectivity index (χ0n) is 14.7. The van der Waals surface area contributed by atoms with Crippen LogP contribution < -0.4 is 4.72 Å². The highest BCUT2D eigenvalue weighted by molar-refractivity contribution is 7.90. The lowest BCUT2D eigenvalue weighted by atomic mass is 9.73. The fraction of sp³-hybridized carbons (Fsp3) is 0.750. The molecule has 0 saturated carbocycles. The lowest BCUT2D eigenvalue weighted by Gasteiger charge is -2.43. The molecule has 1 spiro atoms. The first-order valence-electron chi connectivity index (χ1n) is 8.31. The second kappa shape index (κ2) is 5.93. The van der Waals surface area contributed by atoms with Gasteiger partial charge in [0.05, 0.1) is 12.2 Å². The second-order valence-corrected chi connectivity index (χ2v) is 9.91. The normalized spacial score (nSPS) is 24.2. The Balaban J connectivity index is 1.87. The van der Waals surface area contributed by atoms with Gasteiger partial charge in [0.2, 0.25) is 0 Å². The monoisotopic (exact) mass is 354 g/mol. The standard InChI is InChI=1S/C16H26N4O3S/c1-15(2,3)24(23)18-13-11-10-17-19(4)12(11)9-16(13)5-7-20(8-6-16)14(21)22/h10,13,18H,5-9H2,1-4H3,(H,21,22)/t13-,24-/m1/s1. The number of piperidine rings is 1. The minimum Gasteiger partial charge on any atom is -0.598 e. The van der Waals surface area contributed by atoms with E-state index in [4.69, 9.17) is 0 Å². The summed E-state index contributed by atoms with van der Waals surface area (Å²) in [6.45, 7) is 6.91. The van der Waals surface area contributed by atoms with E-state index in [1.807, 2.05) is 38.7 Å². The summed E-state index contributed by atoms with van der Waals surface area (Å²) in [5.41, 5.74) is 2.19. The topological polar surface area (TPSA) is 93.5 Å². The van der Waals surface area contributed by atoms with Gasteiger partial charge in [-0.3, -0.25) is 4.68 Å². The van der Waals surface area contributed by atoms with E-state index in [-0.39, 0.29) is 16.2 Å². The first kappa shape index (κ1) is 17.6. The minimum absolute atomic E-state index is 0.0443. The molecule has 1 fully saturated rings. The molecule has 1 saturated heterocycles. The number of aryl methyl sites for hydroxylation is 1. The highest BCUT2D eigenvalue weighted by Gasteiger charge is 2.52. The SMILES string of the molecule is Cn1ncc2c1CC1(CCN(C(=O)O)CC1)[C@@H]2N[S@+]([O-])C(C)(C)C. The fourth-order valence-corrected chi connectivity index (χ4v) is 4.73. The molecule has 7 nitrogen and oxygen atoms in total. The average Bonchev–Trinajstić information content (AvgIpc) is 2.98. The van der Waals surface area contributed by atoms with E-state index in [1.54, 1.807) is 0 Å². The Kier molecular flexibility index (Phi) is 4.34. The van der Waals surface area contributed by atoms with E-state index >= 15 is 0 Å². The number of hydrogen-bond acceptors (Lipinski definition) is 4. The van der Waals surface area contributed by atoms with Gasteiger partial charge in [0.25, 0.3) is 0 Å². The summed E-state index contributed by atoms with van der Waals surface area (Å²) in [4.78, 5) is 12.7. The predicted octanol–water partition coefficient (Wildman–Crippen LogP) is 1.83. The number of likely N-dealkylation sites (tertiary alicyclic amines) is 1. The number of rotatable bonds is 2. The average molecular weight is 354 g/mol. The third-order valence-electron chi connectivity index (χ3n) is 5.35. The smallest absolute Gasteiger partial charge is 0.407 e. The molecule has 24 heavy (non-hydrogen) atoms. The molecule has 2 heterocycles. The van der Waals surface area contributed by atoms with Gasteiger partial charge in [0.1, 0.15) is 4.75 Å². The van der Waals surface area contributed by atoms with Crippen LogP contribution in [0.3, 0.4) is 0 Å². The van der Waals surface area contributed by atoms with Crippen LogP contribution in [0, 0.1) is 5.41 Å². The van der Waals surface area contributed by atoms with Crippen LogP contribution in [0.2, 0.25) is 0 Å². The molecule has 0 aromatic carbocycles. The Morgan fingerprint density at radius 2 is 2.08 bits per heavy atom. The summed E-state index contributed by atoms with van der Waals surface area (Å²) in [6.07, 6.45) is 3.40. The lowest BCUT2D eigenvalue weighted by Crippen LogP contribution is -2.50. The number of aromatic nitrogens is 2. The van der Waals surface area contributed by atoms with Gasteiger partial charge < -0.3 is 14.6 Å². The van der Waals surface area contributed by atoms with Crippen LogP contribution in [0.4, 0.5) is 4.79 Å². The van der Waals surface area contributed by atoms with Crippen molar-refractivity contribution in [1.82, 2.24) is 19.4 Å². The second-order valence-electron chi connectivity index (χ2n) is 7.91. The van der Waals surface area contributed by atoms with Crippen LogP contribution in [0.25, 0.3) is 0 Å². The van der Waals surface area contributed by atoms with E-state index in [9.17, 15) is 14.5 Å². The van der Waals surface area contributed by atoms with Crippen LogP contribution in [0.1, 0.15) is 50.9 Å². The summed E-state index contributed by atoms with van der Waals surface area (Å²) >= 11 is -1.19. The molecule has 1 aromatic heterocycles. The van der Waals surface area contributed by atoms with Crippen molar-refractivity contribution in [1.29, 1.82) is 0 Å². The zero-order chi connectivity index (χ0) is 17.7. The quantitative estimate of drug-likeness (QED) is 0.790. The molecule has 2 atom stereocenters. The summed E-state index contributed by atoms with van der Waals surface area (Å²) in [7, 11) is 1.93. The maximum absolute atomic E-state index is 12.7. The van der Waals surface area contributed by atoms with Gasteiger partial charge in [-0.2, -0.15) is 5.10 Å². The Bertz CT molecular complexity index is 632. The van der Waals surface area contributed by atoms with Crippen molar-refractivity contribution >= 4 is 17.5 Å². The number of amides is 1. The minimum atomic E-state index is -1.19. The molecule has 0 bridgehead atoms. The summed E-state index contributed by atoms with van der Waals surface area (Å²) < 4.78 is 17.6. The zero-order valence-corrected chi connectivity index (χ0v) is 15.5. The molecule has 134 valence electrons. The van der Waals surface area contributed by atoms with E-state index in [0.717, 1.165) is 24.8 Å². The third kappa shape index (κ3) is 2.91. The van der Waals surface area contributed by atoms with Crippen molar-refractivity contribution in [2.45, 2.75) is 50.8 Å². The molecular formula is C16H26N4O3S. The number of carboxylic acid groups (broad SMARTS) is 1. The molecule has 2 aliphatic rings.